The van der Waals surface area contributed by atoms with E-state index in [4.69, 9.17) is 14.5 Å². The summed E-state index contributed by atoms with van der Waals surface area (Å²) < 4.78 is 13.6. The topological polar surface area (TPSA) is 56.5 Å². The van der Waals surface area contributed by atoms with Crippen molar-refractivity contribution in [2.75, 3.05) is 13.7 Å². The number of benzene rings is 2. The number of aliphatic hydroxyl groups is 1. The molecular weight excluding hydrogens is 376 g/mol. The molecule has 0 radical (unpaired) electrons. The highest BCUT2D eigenvalue weighted by atomic mass is 16.5. The van der Waals surface area contributed by atoms with Crippen LogP contribution in [-0.2, 0) is 12.0 Å². The average Bonchev–Trinajstić information content (AvgIpc) is 3.09. The molecule has 0 aliphatic carbocycles. The van der Waals surface area contributed by atoms with Gasteiger partial charge in [-0.2, -0.15) is 0 Å². The predicted octanol–water partition coefficient (Wildman–Crippen LogP) is 5.30. The number of methoxy groups -OCH3 is 1. The maximum atomic E-state index is 10.8. The van der Waals surface area contributed by atoms with Crippen LogP contribution >= 0.6 is 0 Å². The largest absolute Gasteiger partial charge is 0.497 e. The van der Waals surface area contributed by atoms with Crippen LogP contribution in [0.2, 0.25) is 0 Å². The Kier molecular flexibility index (Phi) is 6.71. The first-order valence-electron chi connectivity index (χ1n) is 10.7. The minimum Gasteiger partial charge on any atom is -0.497 e. The number of nitrogens with zero attached hydrogens (tertiary/aromatic N) is 2. The molecule has 0 aliphatic heterocycles. The smallest absolute Gasteiger partial charge is 0.123 e. The first-order chi connectivity index (χ1) is 14.2. The lowest BCUT2D eigenvalue weighted by Gasteiger charge is -2.24. The molecule has 3 rings (SSSR count). The third-order valence-electron chi connectivity index (χ3n) is 5.56. The van der Waals surface area contributed by atoms with Crippen LogP contribution in [0.25, 0.3) is 11.0 Å². The molecule has 0 fully saturated rings. The van der Waals surface area contributed by atoms with Gasteiger partial charge in [0.25, 0.3) is 0 Å². The Hall–Kier alpha value is -2.53. The maximum absolute atomic E-state index is 10.8. The summed E-state index contributed by atoms with van der Waals surface area (Å²) in [5.74, 6) is 2.91. The van der Waals surface area contributed by atoms with E-state index >= 15 is 0 Å². The summed E-state index contributed by atoms with van der Waals surface area (Å²) in [4.78, 5) is 4.82. The van der Waals surface area contributed by atoms with Gasteiger partial charge in [0.1, 0.15) is 30.0 Å². The molecule has 0 amide bonds. The SMILES string of the molecule is CCC(C)c1nc2ccccc2n1CC(O)COc1ccc(OC)cc1C(C)(C)C. The van der Waals surface area contributed by atoms with Crippen molar-refractivity contribution in [3.63, 3.8) is 0 Å². The Morgan fingerprint density at radius 3 is 2.53 bits per heavy atom. The Balaban J connectivity index is 1.80. The van der Waals surface area contributed by atoms with Crippen molar-refractivity contribution >= 4 is 11.0 Å². The molecule has 5 heteroatoms. The number of aromatic nitrogens is 2. The molecule has 0 spiro atoms. The zero-order valence-corrected chi connectivity index (χ0v) is 19.0. The van der Waals surface area contributed by atoms with E-state index in [1.54, 1.807) is 7.11 Å². The van der Waals surface area contributed by atoms with Gasteiger partial charge in [-0.1, -0.05) is 46.8 Å². The van der Waals surface area contributed by atoms with E-state index in [1.165, 1.54) is 0 Å². The highest BCUT2D eigenvalue weighted by Gasteiger charge is 2.22. The molecule has 1 aromatic heterocycles. The minimum atomic E-state index is -0.652. The van der Waals surface area contributed by atoms with Crippen LogP contribution in [0.1, 0.15) is 58.3 Å². The van der Waals surface area contributed by atoms with Gasteiger partial charge in [0.2, 0.25) is 0 Å². The number of imidazole rings is 1. The summed E-state index contributed by atoms with van der Waals surface area (Å²) >= 11 is 0. The fourth-order valence-electron chi connectivity index (χ4n) is 3.64. The second kappa shape index (κ2) is 9.09. The van der Waals surface area contributed by atoms with E-state index in [-0.39, 0.29) is 12.0 Å². The standard InChI is InChI=1S/C25H34N2O3/c1-7-17(2)24-26-21-10-8-9-11-22(21)27(24)15-18(28)16-30-23-13-12-19(29-6)14-20(23)25(3,4)5/h8-14,17-18,28H,7,15-16H2,1-6H3. The summed E-state index contributed by atoms with van der Waals surface area (Å²) in [6.07, 6.45) is 0.344. The lowest BCUT2D eigenvalue weighted by atomic mass is 9.86. The van der Waals surface area contributed by atoms with Crippen molar-refractivity contribution in [3.8, 4) is 11.5 Å². The fourth-order valence-corrected chi connectivity index (χ4v) is 3.64. The molecule has 0 aliphatic rings. The van der Waals surface area contributed by atoms with Gasteiger partial charge in [-0.15, -0.1) is 0 Å². The van der Waals surface area contributed by atoms with Crippen molar-refractivity contribution in [2.45, 2.75) is 65.0 Å². The lowest BCUT2D eigenvalue weighted by molar-refractivity contribution is 0.0914. The Bertz CT molecular complexity index is 988. The summed E-state index contributed by atoms with van der Waals surface area (Å²) in [7, 11) is 1.66. The molecule has 5 nitrogen and oxygen atoms in total. The quantitative estimate of drug-likeness (QED) is 0.548. The normalized spacial score (nSPS) is 14.0. The molecular formula is C25H34N2O3. The second-order valence-corrected chi connectivity index (χ2v) is 8.96. The van der Waals surface area contributed by atoms with Crippen LogP contribution < -0.4 is 9.47 Å². The summed E-state index contributed by atoms with van der Waals surface area (Å²) in [5.41, 5.74) is 2.97. The van der Waals surface area contributed by atoms with Crippen molar-refractivity contribution in [1.29, 1.82) is 0 Å². The number of hydrogen-bond donors (Lipinski definition) is 1. The van der Waals surface area contributed by atoms with Gasteiger partial charge < -0.3 is 19.1 Å². The van der Waals surface area contributed by atoms with Crippen molar-refractivity contribution in [1.82, 2.24) is 9.55 Å². The Morgan fingerprint density at radius 2 is 1.87 bits per heavy atom. The van der Waals surface area contributed by atoms with Gasteiger partial charge in [0, 0.05) is 11.5 Å². The molecule has 2 aromatic carbocycles. The Labute approximate surface area is 179 Å². The molecule has 0 saturated carbocycles. The fraction of sp³-hybridized carbons (Fsp3) is 0.480. The molecule has 0 saturated heterocycles. The number of rotatable bonds is 8. The molecule has 1 heterocycles. The number of fused-ring (bicyclic) bond motifs is 1. The average molecular weight is 411 g/mol. The van der Waals surface area contributed by atoms with Crippen LogP contribution in [0.4, 0.5) is 0 Å². The van der Waals surface area contributed by atoms with E-state index in [0.29, 0.717) is 12.5 Å². The number of ether oxygens (including phenoxy) is 2. The third kappa shape index (κ3) is 4.78. The predicted molar refractivity (Wildman–Crippen MR) is 122 cm³/mol. The number of aliphatic hydroxyl groups excluding tert-OH is 1. The molecule has 0 bridgehead atoms. The number of para-hydroxylation sites is 2. The molecule has 162 valence electrons. The second-order valence-electron chi connectivity index (χ2n) is 8.96. The minimum absolute atomic E-state index is 0.0981. The van der Waals surface area contributed by atoms with Crippen molar-refractivity contribution in [2.24, 2.45) is 0 Å². The highest BCUT2D eigenvalue weighted by Crippen LogP contribution is 2.34. The molecule has 1 N–H and O–H groups in total. The van der Waals surface area contributed by atoms with Crippen LogP contribution in [0, 0.1) is 0 Å². The summed E-state index contributed by atoms with van der Waals surface area (Å²) in [5, 5.41) is 10.8. The van der Waals surface area contributed by atoms with Crippen LogP contribution in [0.15, 0.2) is 42.5 Å². The third-order valence-corrected chi connectivity index (χ3v) is 5.56. The van der Waals surface area contributed by atoms with Gasteiger partial charge >= 0.3 is 0 Å². The first kappa shape index (κ1) is 22.2. The summed E-state index contributed by atoms with van der Waals surface area (Å²) in [6.45, 7) is 11.4. The van der Waals surface area contributed by atoms with Gasteiger partial charge in [-0.3, -0.25) is 0 Å². The summed E-state index contributed by atoms with van der Waals surface area (Å²) in [6, 6.07) is 13.9. The van der Waals surface area contributed by atoms with Crippen molar-refractivity contribution < 1.29 is 14.6 Å². The van der Waals surface area contributed by atoms with Gasteiger partial charge in [0.15, 0.2) is 0 Å². The first-order valence-corrected chi connectivity index (χ1v) is 10.7. The lowest BCUT2D eigenvalue weighted by Crippen LogP contribution is -2.26. The zero-order valence-electron chi connectivity index (χ0n) is 19.0. The van der Waals surface area contributed by atoms with Crippen LogP contribution in [-0.4, -0.2) is 34.5 Å². The number of hydrogen-bond acceptors (Lipinski definition) is 4. The van der Waals surface area contributed by atoms with Crippen LogP contribution in [0.3, 0.4) is 0 Å². The molecule has 3 aromatic rings. The van der Waals surface area contributed by atoms with E-state index in [9.17, 15) is 5.11 Å². The van der Waals surface area contributed by atoms with Gasteiger partial charge in [0.05, 0.1) is 24.7 Å². The monoisotopic (exact) mass is 410 g/mol. The van der Waals surface area contributed by atoms with E-state index in [1.807, 2.05) is 36.4 Å². The Morgan fingerprint density at radius 1 is 1.13 bits per heavy atom. The molecule has 2 unspecified atom stereocenters. The van der Waals surface area contributed by atoms with E-state index in [2.05, 4.69) is 45.3 Å². The van der Waals surface area contributed by atoms with Crippen molar-refractivity contribution in [3.05, 3.63) is 53.9 Å². The highest BCUT2D eigenvalue weighted by molar-refractivity contribution is 5.76. The van der Waals surface area contributed by atoms with Crippen LogP contribution in [0.5, 0.6) is 11.5 Å². The molecule has 30 heavy (non-hydrogen) atoms. The van der Waals surface area contributed by atoms with E-state index in [0.717, 1.165) is 40.3 Å². The van der Waals surface area contributed by atoms with E-state index < -0.39 is 6.10 Å². The van der Waals surface area contributed by atoms with Gasteiger partial charge in [-0.25, -0.2) is 4.98 Å². The molecule has 2 atom stereocenters. The zero-order chi connectivity index (χ0) is 21.9. The maximum Gasteiger partial charge on any atom is 0.123 e. The van der Waals surface area contributed by atoms with Gasteiger partial charge in [-0.05, 0) is 42.2 Å².